The Labute approximate surface area is 432 Å². The molecule has 0 radical (unpaired) electrons. The zero-order valence-corrected chi connectivity index (χ0v) is 41.8. The monoisotopic (exact) mass is 1040 g/mol. The molecule has 1 unspecified atom stereocenters. The molecule has 1 saturated carbocycles. The second kappa shape index (κ2) is 22.6. The number of nitrogens with zero attached hydrogens (tertiary/aromatic N) is 2. The number of hydrogen-bond acceptors (Lipinski definition) is 12. The number of ketones is 1. The largest absolute Gasteiger partial charge is 0.384 e. The molecule has 9 rings (SSSR count). The molecule has 5 N–H and O–H groups in total. The first-order chi connectivity index (χ1) is 35.3. The van der Waals surface area contributed by atoms with Crippen molar-refractivity contribution in [1.29, 1.82) is 0 Å². The molecule has 3 aromatic carbocycles. The van der Waals surface area contributed by atoms with Crippen LogP contribution in [-0.4, -0.2) is 109 Å². The molecule has 4 aromatic rings. The highest BCUT2D eigenvalue weighted by Gasteiger charge is 2.72. The van der Waals surface area contributed by atoms with Gasteiger partial charge in [-0.2, -0.15) is 0 Å². The summed E-state index contributed by atoms with van der Waals surface area (Å²) in [5.41, 5.74) is 1.11. The van der Waals surface area contributed by atoms with Crippen LogP contribution in [0.4, 0.5) is 21.6 Å². The van der Waals surface area contributed by atoms with Crippen molar-refractivity contribution in [2.45, 2.75) is 99.6 Å². The Morgan fingerprint density at radius 3 is 2.33 bits per heavy atom. The molecule has 19 heteroatoms. The normalized spacial score (nSPS) is 21.9. The fraction of sp³-hybridized carbons (Fsp3) is 0.426. The minimum Gasteiger partial charge on any atom is -0.384 e. The summed E-state index contributed by atoms with van der Waals surface area (Å²) in [6, 6.07) is 16.1. The van der Waals surface area contributed by atoms with Crippen molar-refractivity contribution in [1.82, 2.24) is 20.5 Å². The predicted molar refractivity (Wildman–Crippen MR) is 273 cm³/mol. The molecule has 1 aliphatic carbocycles. The number of halogens is 3. The number of Topliss-reactive ketones (excluding diaryl/α,β-unsaturated/α-hetero) is 1. The van der Waals surface area contributed by atoms with Gasteiger partial charge in [0.05, 0.1) is 48.6 Å². The number of benzene rings is 3. The number of amides is 5. The third-order valence-corrected chi connectivity index (χ3v) is 15.2. The number of pyridine rings is 1. The highest BCUT2D eigenvalue weighted by Crippen LogP contribution is 2.63. The van der Waals surface area contributed by atoms with E-state index in [2.05, 4.69) is 38.1 Å². The van der Waals surface area contributed by atoms with Crippen LogP contribution in [0.15, 0.2) is 85.2 Å². The maximum absolute atomic E-state index is 16.2. The van der Waals surface area contributed by atoms with Crippen LogP contribution < -0.4 is 26.6 Å². The Kier molecular flexibility index (Phi) is 16.0. The highest BCUT2D eigenvalue weighted by molar-refractivity contribution is 6.31. The molecule has 73 heavy (non-hydrogen) atoms. The van der Waals surface area contributed by atoms with E-state index in [1.807, 2.05) is 0 Å². The molecule has 384 valence electrons. The van der Waals surface area contributed by atoms with Gasteiger partial charge in [0.15, 0.2) is 5.78 Å². The van der Waals surface area contributed by atoms with E-state index in [0.717, 1.165) is 24.2 Å². The topological polar surface area (TPSA) is 206 Å². The van der Waals surface area contributed by atoms with E-state index in [-0.39, 0.29) is 45.6 Å². The molecule has 5 heterocycles. The number of nitrogens with one attached hydrogen (secondary N) is 5. The Hall–Kier alpha value is -6.08. The molecule has 16 nitrogen and oxygen atoms in total. The molecule has 5 aliphatic rings. The van der Waals surface area contributed by atoms with Crippen molar-refractivity contribution in [2.24, 2.45) is 0 Å². The number of imide groups is 1. The maximum Gasteiger partial charge on any atom is 0.264 e. The first-order valence-corrected chi connectivity index (χ1v) is 25.7. The molecule has 5 amide bonds. The number of ether oxygens (including phenoxy) is 3. The lowest BCUT2D eigenvalue weighted by molar-refractivity contribution is -0.125. The van der Waals surface area contributed by atoms with E-state index >= 15 is 4.39 Å². The first kappa shape index (κ1) is 51.8. The number of hydrogen-bond donors (Lipinski definition) is 5. The second-order valence-electron chi connectivity index (χ2n) is 19.1. The molecule has 0 bridgehead atoms. The zero-order valence-electron chi connectivity index (χ0n) is 40.3. The van der Waals surface area contributed by atoms with Crippen LogP contribution in [0.1, 0.15) is 119 Å². The zero-order chi connectivity index (χ0) is 51.3. The van der Waals surface area contributed by atoms with Gasteiger partial charge >= 0.3 is 0 Å². The summed E-state index contributed by atoms with van der Waals surface area (Å²) in [5, 5.41) is 15.7. The number of unbranched alkanes of at least 4 members (excludes halogenated alkanes) is 1. The van der Waals surface area contributed by atoms with Gasteiger partial charge in [-0.1, -0.05) is 73.3 Å². The fourth-order valence-electron chi connectivity index (χ4n) is 11.4. The van der Waals surface area contributed by atoms with E-state index in [0.29, 0.717) is 124 Å². The average Bonchev–Trinajstić information content (AvgIpc) is 3.97. The number of rotatable bonds is 21. The van der Waals surface area contributed by atoms with Crippen LogP contribution in [0.3, 0.4) is 0 Å². The number of aromatic nitrogens is 1. The van der Waals surface area contributed by atoms with E-state index in [9.17, 15) is 28.8 Å². The summed E-state index contributed by atoms with van der Waals surface area (Å²) in [5.74, 6) is -3.80. The number of allylic oxidation sites excluding steroid dienone is 1. The third kappa shape index (κ3) is 10.3. The summed E-state index contributed by atoms with van der Waals surface area (Å²) in [4.78, 5) is 86.7. The summed E-state index contributed by atoms with van der Waals surface area (Å²) < 4.78 is 33.2. The second-order valence-corrected chi connectivity index (χ2v) is 20.0. The summed E-state index contributed by atoms with van der Waals surface area (Å²) in [6.07, 6.45) is 8.18. The van der Waals surface area contributed by atoms with Gasteiger partial charge in [0.25, 0.3) is 11.8 Å². The molecule has 4 atom stereocenters. The van der Waals surface area contributed by atoms with E-state index in [1.165, 1.54) is 12.3 Å². The molecular formula is C54H58Cl2FN7O9. The van der Waals surface area contributed by atoms with Crippen LogP contribution in [-0.2, 0) is 34.0 Å². The van der Waals surface area contributed by atoms with Crippen molar-refractivity contribution in [3.8, 4) is 0 Å². The molecule has 2 saturated heterocycles. The Bertz CT molecular complexity index is 2810. The van der Waals surface area contributed by atoms with Gasteiger partial charge in [-0.15, -0.1) is 0 Å². The van der Waals surface area contributed by atoms with E-state index < -0.39 is 58.4 Å². The quantitative estimate of drug-likeness (QED) is 0.0305. The van der Waals surface area contributed by atoms with E-state index in [1.54, 1.807) is 60.7 Å². The lowest BCUT2D eigenvalue weighted by Crippen LogP contribution is -2.60. The standard InChI is InChI=1S/C54H58Cl2FN7O9/c1-32-15-19-41(48(66)60-32)64-50(68)35-10-8-13-39(44(35)51(64)69)58-23-9-25-72-27-29-73-28-26-71-24-6-3-14-42(65)33-16-20-43(59-31-33)62-49(67)47-45(36-11-7-12-38(56)46(36)57)54(53(63-47)21-4-2-5-22-53)37-18-17-34(55)30-40(37)61-52(54)70/h7-8,10-13,16-18,20,30-31,41,45,47,58,63H,1-6,9,14-15,19,21-29H2,(H,60,66)(H,61,70)(H,59,62,67)/t41?,45-,47+,54+/m0/s1. The van der Waals surface area contributed by atoms with Gasteiger partial charge < -0.3 is 35.5 Å². The van der Waals surface area contributed by atoms with Gasteiger partial charge in [0.2, 0.25) is 17.7 Å². The van der Waals surface area contributed by atoms with Crippen LogP contribution >= 0.6 is 23.2 Å². The molecule has 4 aliphatic heterocycles. The number of piperidine rings is 1. The minimum atomic E-state index is -1.37. The molecular weight excluding hydrogens is 981 g/mol. The third-order valence-electron chi connectivity index (χ3n) is 14.7. The Morgan fingerprint density at radius 1 is 0.849 bits per heavy atom. The average molecular weight is 1040 g/mol. The van der Waals surface area contributed by atoms with Gasteiger partial charge in [-0.05, 0) is 98.5 Å². The Balaban J connectivity index is 0.677. The van der Waals surface area contributed by atoms with Crippen molar-refractivity contribution >= 4 is 75.7 Å². The van der Waals surface area contributed by atoms with Crippen LogP contribution in [0.25, 0.3) is 0 Å². The van der Waals surface area contributed by atoms with Crippen LogP contribution in [0.2, 0.25) is 10.0 Å². The lowest BCUT2D eigenvalue weighted by Gasteiger charge is -2.47. The molecule has 1 aromatic heterocycles. The minimum absolute atomic E-state index is 0.105. The Morgan fingerprint density at radius 2 is 1.59 bits per heavy atom. The SMILES string of the molecule is C=C1CCC(N2C(=O)c3cccc(NCCCOCCOCCOCCCCC(=O)c4ccc(NC(=O)[C@@H]5NC6(CCCCC6)[C@@]6(C(=O)Nc7cc(Cl)ccc76)[C@H]5c5cccc(Cl)c5F)nc4)c3C2=O)C(=O)N1. The first-order valence-electron chi connectivity index (χ1n) is 24.9. The number of carbonyl (C=O) groups excluding carboxylic acids is 6. The summed E-state index contributed by atoms with van der Waals surface area (Å²) in [6.45, 7) is 6.72. The van der Waals surface area contributed by atoms with Gasteiger partial charge in [0, 0.05) is 71.5 Å². The number of anilines is 3. The summed E-state index contributed by atoms with van der Waals surface area (Å²) in [7, 11) is 0. The maximum atomic E-state index is 16.2. The number of fused-ring (bicyclic) bond motifs is 4. The van der Waals surface area contributed by atoms with Gasteiger partial charge in [0.1, 0.15) is 23.1 Å². The summed E-state index contributed by atoms with van der Waals surface area (Å²) >= 11 is 12.8. The molecule has 2 spiro atoms. The number of carbonyl (C=O) groups is 6. The van der Waals surface area contributed by atoms with Crippen molar-refractivity contribution in [3.63, 3.8) is 0 Å². The van der Waals surface area contributed by atoms with Crippen molar-refractivity contribution in [2.75, 3.05) is 62.1 Å². The van der Waals surface area contributed by atoms with Crippen LogP contribution in [0.5, 0.6) is 0 Å². The van der Waals surface area contributed by atoms with Crippen molar-refractivity contribution in [3.05, 3.63) is 129 Å². The van der Waals surface area contributed by atoms with Crippen molar-refractivity contribution < 1.29 is 47.4 Å². The lowest BCUT2D eigenvalue weighted by atomic mass is 9.55. The van der Waals surface area contributed by atoms with Crippen LogP contribution in [0, 0.1) is 5.82 Å². The van der Waals surface area contributed by atoms with E-state index in [4.69, 9.17) is 37.4 Å². The molecule has 3 fully saturated rings. The fourth-order valence-corrected chi connectivity index (χ4v) is 11.7. The smallest absolute Gasteiger partial charge is 0.264 e. The predicted octanol–water partition coefficient (Wildman–Crippen LogP) is 8.11. The van der Waals surface area contributed by atoms with Gasteiger partial charge in [-0.3, -0.25) is 39.0 Å². The highest BCUT2D eigenvalue weighted by atomic mass is 35.5. The van der Waals surface area contributed by atoms with Gasteiger partial charge in [-0.25, -0.2) is 9.37 Å².